The molecule has 0 bridgehead atoms. The lowest BCUT2D eigenvalue weighted by molar-refractivity contribution is 0.345. The Balaban J connectivity index is 2.31. The first-order chi connectivity index (χ1) is 13.9. The second-order valence-electron chi connectivity index (χ2n) is 7.38. The standard InChI is InChI=1S/C23H27N3O3/c1-15(25-24-2)18(14-26(3)4)20(16-10-6-5-7-11-16)21-22(27)17-12-8-9-13-19(17)29-23(21)28/h5-13,18,20,24,27H,14H2,1-4H3/b25-15-. The van der Waals surface area contributed by atoms with E-state index < -0.39 is 11.5 Å². The minimum atomic E-state index is -0.531. The van der Waals surface area contributed by atoms with Crippen LogP contribution in [0.5, 0.6) is 5.75 Å². The van der Waals surface area contributed by atoms with Crippen molar-refractivity contribution in [2.45, 2.75) is 12.8 Å². The molecule has 29 heavy (non-hydrogen) atoms. The van der Waals surface area contributed by atoms with Crippen LogP contribution in [0.1, 0.15) is 24.0 Å². The van der Waals surface area contributed by atoms with E-state index in [1.54, 1.807) is 25.2 Å². The molecule has 2 atom stereocenters. The average Bonchev–Trinajstić information content (AvgIpc) is 2.70. The van der Waals surface area contributed by atoms with Crippen LogP contribution in [-0.2, 0) is 0 Å². The van der Waals surface area contributed by atoms with Gasteiger partial charge in [-0.1, -0.05) is 42.5 Å². The Bertz CT molecular complexity index is 1060. The predicted octanol–water partition coefficient (Wildman–Crippen LogP) is 3.40. The summed E-state index contributed by atoms with van der Waals surface area (Å²) in [4.78, 5) is 15.1. The van der Waals surface area contributed by atoms with E-state index in [9.17, 15) is 9.90 Å². The highest BCUT2D eigenvalue weighted by atomic mass is 16.4. The zero-order valence-corrected chi connectivity index (χ0v) is 17.2. The van der Waals surface area contributed by atoms with Crippen molar-refractivity contribution in [1.82, 2.24) is 10.3 Å². The van der Waals surface area contributed by atoms with E-state index in [-0.39, 0.29) is 17.2 Å². The van der Waals surface area contributed by atoms with Crippen LogP contribution in [-0.4, -0.2) is 43.4 Å². The third-order valence-corrected chi connectivity index (χ3v) is 5.08. The lowest BCUT2D eigenvalue weighted by Gasteiger charge is -2.30. The van der Waals surface area contributed by atoms with Crippen molar-refractivity contribution in [3.8, 4) is 5.75 Å². The average molecular weight is 393 g/mol. The molecule has 152 valence electrons. The third-order valence-electron chi connectivity index (χ3n) is 5.08. The highest BCUT2D eigenvalue weighted by Gasteiger charge is 2.33. The zero-order valence-electron chi connectivity index (χ0n) is 17.2. The van der Waals surface area contributed by atoms with Crippen LogP contribution in [0.4, 0.5) is 0 Å². The molecule has 2 N–H and O–H groups in total. The molecule has 0 aliphatic carbocycles. The quantitative estimate of drug-likeness (QED) is 0.365. The van der Waals surface area contributed by atoms with Gasteiger partial charge >= 0.3 is 5.63 Å². The number of hydrazone groups is 1. The molecule has 1 aromatic heterocycles. The molecule has 3 rings (SSSR count). The van der Waals surface area contributed by atoms with Crippen molar-refractivity contribution >= 4 is 16.7 Å². The van der Waals surface area contributed by atoms with Crippen molar-refractivity contribution < 1.29 is 9.52 Å². The predicted molar refractivity (Wildman–Crippen MR) is 117 cm³/mol. The second kappa shape index (κ2) is 8.92. The summed E-state index contributed by atoms with van der Waals surface area (Å²) in [5, 5.41) is 16.0. The monoisotopic (exact) mass is 393 g/mol. The van der Waals surface area contributed by atoms with E-state index >= 15 is 0 Å². The molecule has 0 spiro atoms. The van der Waals surface area contributed by atoms with Gasteiger partial charge in [0.15, 0.2) is 0 Å². The van der Waals surface area contributed by atoms with Crippen LogP contribution in [0.15, 0.2) is 68.9 Å². The zero-order chi connectivity index (χ0) is 21.0. The number of benzene rings is 2. The smallest absolute Gasteiger partial charge is 0.343 e. The normalized spacial score (nSPS) is 14.2. The van der Waals surface area contributed by atoms with Crippen LogP contribution in [0.25, 0.3) is 11.0 Å². The SMILES string of the molecule is CN/N=C(/C)C(CN(C)C)C(c1ccccc1)c1c(O)c2ccccc2oc1=O. The topological polar surface area (TPSA) is 78.1 Å². The van der Waals surface area contributed by atoms with Gasteiger partial charge in [0.05, 0.1) is 10.9 Å². The molecule has 0 amide bonds. The summed E-state index contributed by atoms with van der Waals surface area (Å²) < 4.78 is 5.59. The maximum atomic E-state index is 13.0. The van der Waals surface area contributed by atoms with Crippen LogP contribution >= 0.6 is 0 Å². The fourth-order valence-electron chi connectivity index (χ4n) is 3.81. The molecule has 2 aromatic carbocycles. The third kappa shape index (κ3) is 4.32. The van der Waals surface area contributed by atoms with Gasteiger partial charge in [-0.3, -0.25) is 0 Å². The van der Waals surface area contributed by atoms with Gasteiger partial charge in [0.25, 0.3) is 0 Å². The molecule has 0 saturated heterocycles. The van der Waals surface area contributed by atoms with E-state index in [2.05, 4.69) is 15.4 Å². The number of nitrogens with one attached hydrogen (secondary N) is 1. The maximum absolute atomic E-state index is 13.0. The van der Waals surface area contributed by atoms with Crippen LogP contribution in [0, 0.1) is 5.92 Å². The maximum Gasteiger partial charge on any atom is 0.343 e. The first-order valence-corrected chi connectivity index (χ1v) is 9.59. The number of hydrogen-bond donors (Lipinski definition) is 2. The molecule has 6 nitrogen and oxygen atoms in total. The summed E-state index contributed by atoms with van der Waals surface area (Å²) in [6.07, 6.45) is 0. The summed E-state index contributed by atoms with van der Waals surface area (Å²) in [5.41, 5.74) is 4.69. The molecule has 2 unspecified atom stereocenters. The largest absolute Gasteiger partial charge is 0.507 e. The number of nitrogens with zero attached hydrogens (tertiary/aromatic N) is 2. The van der Waals surface area contributed by atoms with Crippen molar-refractivity contribution in [2.24, 2.45) is 11.0 Å². The highest BCUT2D eigenvalue weighted by Crippen LogP contribution is 2.39. The Morgan fingerprint density at radius 2 is 1.79 bits per heavy atom. The van der Waals surface area contributed by atoms with E-state index in [1.165, 1.54) is 0 Å². The summed E-state index contributed by atoms with van der Waals surface area (Å²) in [7, 11) is 5.70. The lowest BCUT2D eigenvalue weighted by Crippen LogP contribution is -2.34. The second-order valence-corrected chi connectivity index (χ2v) is 7.38. The molecule has 0 saturated carbocycles. The van der Waals surface area contributed by atoms with Gasteiger partial charge in [0.1, 0.15) is 11.3 Å². The van der Waals surface area contributed by atoms with Crippen molar-refractivity contribution in [3.05, 3.63) is 76.1 Å². The van der Waals surface area contributed by atoms with Crippen LogP contribution in [0.2, 0.25) is 0 Å². The number of para-hydroxylation sites is 1. The molecule has 0 aliphatic rings. The first-order valence-electron chi connectivity index (χ1n) is 9.59. The Hall–Kier alpha value is -3.12. The Morgan fingerprint density at radius 3 is 2.45 bits per heavy atom. The number of fused-ring (bicyclic) bond motifs is 1. The summed E-state index contributed by atoms with van der Waals surface area (Å²) in [6.45, 7) is 2.57. The first kappa shape index (κ1) is 20.6. The number of rotatable bonds is 7. The van der Waals surface area contributed by atoms with Gasteiger partial charge in [0.2, 0.25) is 0 Å². The summed E-state index contributed by atoms with van der Waals surface area (Å²) in [5.74, 6) is -0.613. The summed E-state index contributed by atoms with van der Waals surface area (Å²) >= 11 is 0. The molecule has 0 fully saturated rings. The Morgan fingerprint density at radius 1 is 1.14 bits per heavy atom. The van der Waals surface area contributed by atoms with E-state index in [0.29, 0.717) is 17.5 Å². The van der Waals surface area contributed by atoms with Crippen LogP contribution < -0.4 is 11.1 Å². The fraction of sp³-hybridized carbons (Fsp3) is 0.304. The van der Waals surface area contributed by atoms with E-state index in [0.717, 1.165) is 11.3 Å². The fourth-order valence-corrected chi connectivity index (χ4v) is 3.81. The molecule has 1 heterocycles. The molecular formula is C23H27N3O3. The number of hydrogen-bond acceptors (Lipinski definition) is 6. The number of aromatic hydroxyl groups is 1. The van der Waals surface area contributed by atoms with Gasteiger partial charge in [-0.2, -0.15) is 5.10 Å². The minimum absolute atomic E-state index is 0.0354. The molecular weight excluding hydrogens is 366 g/mol. The Labute approximate surface area is 170 Å². The molecule has 0 aliphatic heterocycles. The summed E-state index contributed by atoms with van der Waals surface area (Å²) in [6, 6.07) is 16.8. The van der Waals surface area contributed by atoms with E-state index in [1.807, 2.05) is 57.4 Å². The lowest BCUT2D eigenvalue weighted by atomic mass is 9.78. The highest BCUT2D eigenvalue weighted by molar-refractivity contribution is 5.88. The van der Waals surface area contributed by atoms with Gasteiger partial charge in [-0.25, -0.2) is 4.79 Å². The van der Waals surface area contributed by atoms with Gasteiger partial charge in [-0.15, -0.1) is 0 Å². The Kier molecular flexibility index (Phi) is 6.34. The van der Waals surface area contributed by atoms with Crippen molar-refractivity contribution in [2.75, 3.05) is 27.7 Å². The van der Waals surface area contributed by atoms with Gasteiger partial charge in [-0.05, 0) is 38.7 Å². The molecule has 6 heteroatoms. The van der Waals surface area contributed by atoms with Crippen molar-refractivity contribution in [3.63, 3.8) is 0 Å². The van der Waals surface area contributed by atoms with Gasteiger partial charge < -0.3 is 19.8 Å². The van der Waals surface area contributed by atoms with Gasteiger partial charge in [0, 0.05) is 31.1 Å². The van der Waals surface area contributed by atoms with E-state index in [4.69, 9.17) is 4.42 Å². The van der Waals surface area contributed by atoms with Crippen molar-refractivity contribution in [1.29, 1.82) is 0 Å². The minimum Gasteiger partial charge on any atom is -0.507 e. The molecule has 3 aromatic rings. The van der Waals surface area contributed by atoms with Crippen LogP contribution in [0.3, 0.4) is 0 Å². The molecule has 0 radical (unpaired) electrons.